The molecule has 19 heavy (non-hydrogen) atoms. The van der Waals surface area contributed by atoms with Crippen LogP contribution in [0, 0.1) is 0 Å². The van der Waals surface area contributed by atoms with Gasteiger partial charge in [-0.15, -0.1) is 0 Å². The summed E-state index contributed by atoms with van der Waals surface area (Å²) in [5.74, 6) is 0.220. The molecular weight excluding hydrogens is 238 g/mol. The zero-order valence-electron chi connectivity index (χ0n) is 12.0. The molecular formula is C15H23N3O. The van der Waals surface area contributed by atoms with Crippen molar-refractivity contribution in [1.82, 2.24) is 10.2 Å². The molecule has 2 atom stereocenters. The van der Waals surface area contributed by atoms with Crippen LogP contribution < -0.4 is 10.2 Å². The van der Waals surface area contributed by atoms with Gasteiger partial charge in [0.15, 0.2) is 0 Å². The normalized spacial score (nSPS) is 23.8. The van der Waals surface area contributed by atoms with E-state index in [2.05, 4.69) is 29.3 Å². The predicted molar refractivity (Wildman–Crippen MR) is 78.4 cm³/mol. The molecule has 0 spiro atoms. The quantitative estimate of drug-likeness (QED) is 0.888. The molecule has 1 fully saturated rings. The second-order valence-corrected chi connectivity index (χ2v) is 5.22. The number of carbonyl (C=O) groups excluding carboxylic acids is 1. The Labute approximate surface area is 115 Å². The first-order valence-corrected chi connectivity index (χ1v) is 6.88. The van der Waals surface area contributed by atoms with Gasteiger partial charge in [0, 0.05) is 25.3 Å². The summed E-state index contributed by atoms with van der Waals surface area (Å²) in [4.78, 5) is 16.5. The molecule has 1 aliphatic heterocycles. The van der Waals surface area contributed by atoms with Crippen molar-refractivity contribution in [2.24, 2.45) is 0 Å². The fourth-order valence-corrected chi connectivity index (χ4v) is 2.83. The predicted octanol–water partition coefficient (Wildman–Crippen LogP) is 1.33. The highest BCUT2D eigenvalue weighted by Gasteiger charge is 2.36. The Bertz CT molecular complexity index is 421. The van der Waals surface area contributed by atoms with Crippen molar-refractivity contribution in [3.63, 3.8) is 0 Å². The Morgan fingerprint density at radius 1 is 1.32 bits per heavy atom. The number of benzene rings is 1. The molecule has 1 N–H and O–H groups in total. The molecule has 1 aromatic rings. The lowest BCUT2D eigenvalue weighted by molar-refractivity contribution is -0.133. The topological polar surface area (TPSA) is 35.6 Å². The monoisotopic (exact) mass is 261 g/mol. The minimum atomic E-state index is -0.0661. The van der Waals surface area contributed by atoms with Crippen LogP contribution in [0.5, 0.6) is 0 Å². The maximum atomic E-state index is 12.4. The lowest BCUT2D eigenvalue weighted by Crippen LogP contribution is -2.60. The first kappa shape index (κ1) is 13.9. The third-order valence-electron chi connectivity index (χ3n) is 3.73. The summed E-state index contributed by atoms with van der Waals surface area (Å²) in [6.07, 6.45) is 0.832. The van der Waals surface area contributed by atoms with Crippen molar-refractivity contribution in [3.05, 3.63) is 30.3 Å². The molecule has 0 aliphatic carbocycles. The third-order valence-corrected chi connectivity index (χ3v) is 3.73. The second-order valence-electron chi connectivity index (χ2n) is 5.22. The molecule has 0 radical (unpaired) electrons. The zero-order chi connectivity index (χ0) is 13.8. The Kier molecular flexibility index (Phi) is 4.43. The maximum absolute atomic E-state index is 12.4. The molecule has 0 bridgehead atoms. The SMILES string of the molecule is CNCCC1C(=O)N(C)CC(C)N1c1ccccc1. The highest BCUT2D eigenvalue weighted by atomic mass is 16.2. The minimum absolute atomic E-state index is 0.0661. The maximum Gasteiger partial charge on any atom is 0.245 e. The first-order chi connectivity index (χ1) is 9.15. The van der Waals surface area contributed by atoms with E-state index in [9.17, 15) is 4.79 Å². The number of para-hydroxylation sites is 1. The molecule has 4 nitrogen and oxygen atoms in total. The van der Waals surface area contributed by atoms with Gasteiger partial charge < -0.3 is 15.1 Å². The third kappa shape index (κ3) is 2.89. The largest absolute Gasteiger partial charge is 0.355 e. The number of anilines is 1. The van der Waals surface area contributed by atoms with Crippen molar-refractivity contribution in [2.75, 3.05) is 32.1 Å². The van der Waals surface area contributed by atoms with Crippen LogP contribution in [0.15, 0.2) is 30.3 Å². The van der Waals surface area contributed by atoms with Gasteiger partial charge in [-0.2, -0.15) is 0 Å². The second kappa shape index (κ2) is 6.06. The number of piperazine rings is 1. The van der Waals surface area contributed by atoms with Crippen molar-refractivity contribution in [2.45, 2.75) is 25.4 Å². The van der Waals surface area contributed by atoms with Gasteiger partial charge in [0.1, 0.15) is 6.04 Å². The molecule has 2 unspecified atom stereocenters. The Morgan fingerprint density at radius 2 is 2.00 bits per heavy atom. The van der Waals surface area contributed by atoms with E-state index < -0.39 is 0 Å². The molecule has 1 saturated heterocycles. The number of hydrogen-bond acceptors (Lipinski definition) is 3. The first-order valence-electron chi connectivity index (χ1n) is 6.88. The number of rotatable bonds is 4. The van der Waals surface area contributed by atoms with Gasteiger partial charge in [-0.05, 0) is 39.1 Å². The van der Waals surface area contributed by atoms with Gasteiger partial charge >= 0.3 is 0 Å². The van der Waals surface area contributed by atoms with Crippen LogP contribution in [0.1, 0.15) is 13.3 Å². The number of amides is 1. The number of nitrogens with one attached hydrogen (secondary N) is 1. The molecule has 104 valence electrons. The highest BCUT2D eigenvalue weighted by molar-refractivity contribution is 5.86. The van der Waals surface area contributed by atoms with E-state index in [1.54, 1.807) is 0 Å². The molecule has 1 heterocycles. The molecule has 0 aromatic heterocycles. The van der Waals surface area contributed by atoms with E-state index in [1.165, 1.54) is 0 Å². The number of nitrogens with zero attached hydrogens (tertiary/aromatic N) is 2. The van der Waals surface area contributed by atoms with Gasteiger partial charge in [-0.25, -0.2) is 0 Å². The smallest absolute Gasteiger partial charge is 0.245 e. The minimum Gasteiger partial charge on any atom is -0.355 e. The van der Waals surface area contributed by atoms with Gasteiger partial charge in [0.05, 0.1) is 0 Å². The van der Waals surface area contributed by atoms with Gasteiger partial charge in [-0.1, -0.05) is 18.2 Å². The molecule has 0 saturated carbocycles. The highest BCUT2D eigenvalue weighted by Crippen LogP contribution is 2.26. The van der Waals surface area contributed by atoms with Crippen LogP contribution >= 0.6 is 0 Å². The number of likely N-dealkylation sites (N-methyl/N-ethyl adjacent to an activating group) is 1. The van der Waals surface area contributed by atoms with E-state index in [0.29, 0.717) is 6.04 Å². The van der Waals surface area contributed by atoms with Crippen molar-refractivity contribution >= 4 is 11.6 Å². The lowest BCUT2D eigenvalue weighted by atomic mass is 10.0. The summed E-state index contributed by atoms with van der Waals surface area (Å²) in [6, 6.07) is 10.5. The van der Waals surface area contributed by atoms with E-state index >= 15 is 0 Å². The lowest BCUT2D eigenvalue weighted by Gasteiger charge is -2.45. The summed E-state index contributed by atoms with van der Waals surface area (Å²) in [5.41, 5.74) is 1.14. The Balaban J connectivity index is 2.27. The Morgan fingerprint density at radius 3 is 2.63 bits per heavy atom. The molecule has 2 rings (SSSR count). The molecule has 4 heteroatoms. The van der Waals surface area contributed by atoms with Crippen LogP contribution in [0.3, 0.4) is 0 Å². The van der Waals surface area contributed by atoms with E-state index in [1.807, 2.05) is 37.2 Å². The Hall–Kier alpha value is -1.55. The summed E-state index contributed by atoms with van der Waals surface area (Å²) in [7, 11) is 3.82. The molecule has 1 amide bonds. The van der Waals surface area contributed by atoms with Crippen molar-refractivity contribution < 1.29 is 4.79 Å². The van der Waals surface area contributed by atoms with Crippen LogP contribution in [-0.4, -0.2) is 50.1 Å². The fourth-order valence-electron chi connectivity index (χ4n) is 2.83. The van der Waals surface area contributed by atoms with Crippen molar-refractivity contribution in [3.8, 4) is 0 Å². The summed E-state index contributed by atoms with van der Waals surface area (Å²) in [6.45, 7) is 3.81. The summed E-state index contributed by atoms with van der Waals surface area (Å²) < 4.78 is 0. The van der Waals surface area contributed by atoms with Gasteiger partial charge in [-0.3, -0.25) is 4.79 Å². The number of carbonyl (C=O) groups is 1. The average molecular weight is 261 g/mol. The van der Waals surface area contributed by atoms with E-state index in [0.717, 1.165) is 25.2 Å². The fraction of sp³-hybridized carbons (Fsp3) is 0.533. The summed E-state index contributed by atoms with van der Waals surface area (Å²) in [5, 5.41) is 3.14. The van der Waals surface area contributed by atoms with Gasteiger partial charge in [0.25, 0.3) is 0 Å². The van der Waals surface area contributed by atoms with Crippen molar-refractivity contribution in [1.29, 1.82) is 0 Å². The molecule has 1 aliphatic rings. The van der Waals surface area contributed by atoms with E-state index in [-0.39, 0.29) is 11.9 Å². The van der Waals surface area contributed by atoms with Crippen LogP contribution in [0.4, 0.5) is 5.69 Å². The van der Waals surface area contributed by atoms with Crippen LogP contribution in [-0.2, 0) is 4.79 Å². The van der Waals surface area contributed by atoms with Crippen LogP contribution in [0.2, 0.25) is 0 Å². The number of hydrogen-bond donors (Lipinski definition) is 1. The average Bonchev–Trinajstić information content (AvgIpc) is 2.42. The standard InChI is InChI=1S/C15H23N3O/c1-12-11-17(3)15(19)14(9-10-16-2)18(12)13-7-5-4-6-8-13/h4-8,12,14,16H,9-11H2,1-3H3. The summed E-state index contributed by atoms with van der Waals surface area (Å²) >= 11 is 0. The van der Waals surface area contributed by atoms with Gasteiger partial charge in [0.2, 0.25) is 5.91 Å². The van der Waals surface area contributed by atoms with E-state index in [4.69, 9.17) is 0 Å². The zero-order valence-corrected chi connectivity index (χ0v) is 12.0. The molecule has 1 aromatic carbocycles. The van der Waals surface area contributed by atoms with Crippen LogP contribution in [0.25, 0.3) is 0 Å².